The zero-order valence-corrected chi connectivity index (χ0v) is 9.86. The molecule has 0 aromatic rings. The lowest BCUT2D eigenvalue weighted by atomic mass is 9.66. The molecular weight excluding hydrogens is 206 g/mol. The summed E-state index contributed by atoms with van der Waals surface area (Å²) in [6, 6.07) is 0. The second-order valence-electron chi connectivity index (χ2n) is 5.63. The highest BCUT2D eigenvalue weighted by Gasteiger charge is 2.62. The third kappa shape index (κ3) is 1.28. The summed E-state index contributed by atoms with van der Waals surface area (Å²) in [7, 11) is 0. The molecule has 3 unspecified atom stereocenters. The number of aliphatic carboxylic acids is 1. The number of carbonyl (C=O) groups is 1. The van der Waals surface area contributed by atoms with E-state index in [1.165, 1.54) is 0 Å². The van der Waals surface area contributed by atoms with Crippen molar-refractivity contribution in [1.82, 2.24) is 0 Å². The highest BCUT2D eigenvalue weighted by atomic mass is 16.4. The minimum atomic E-state index is -0.737. The maximum absolute atomic E-state index is 10.7. The zero-order chi connectivity index (χ0) is 12.0. The zero-order valence-electron chi connectivity index (χ0n) is 9.86. The summed E-state index contributed by atoms with van der Waals surface area (Å²) in [5.41, 5.74) is 0.770. The van der Waals surface area contributed by atoms with Crippen LogP contribution in [0.1, 0.15) is 46.0 Å². The van der Waals surface area contributed by atoms with Crippen molar-refractivity contribution >= 4 is 11.7 Å². The van der Waals surface area contributed by atoms with E-state index in [0.29, 0.717) is 12.3 Å². The molecule has 2 N–H and O–H groups in total. The average molecular weight is 225 g/mol. The van der Waals surface area contributed by atoms with Gasteiger partial charge in [0.1, 0.15) is 0 Å². The largest absolute Gasteiger partial charge is 0.481 e. The third-order valence-corrected chi connectivity index (χ3v) is 5.21. The molecule has 0 aromatic carbocycles. The molecule has 0 aliphatic heterocycles. The normalized spacial score (nSPS) is 44.1. The number of rotatable bonds is 3. The van der Waals surface area contributed by atoms with Gasteiger partial charge in [0.2, 0.25) is 0 Å². The fourth-order valence-corrected chi connectivity index (χ4v) is 3.78. The van der Waals surface area contributed by atoms with Gasteiger partial charge < -0.3 is 10.3 Å². The van der Waals surface area contributed by atoms with E-state index in [2.05, 4.69) is 19.0 Å². The van der Waals surface area contributed by atoms with E-state index < -0.39 is 5.97 Å². The van der Waals surface area contributed by atoms with E-state index in [9.17, 15) is 4.79 Å². The molecule has 16 heavy (non-hydrogen) atoms. The lowest BCUT2D eigenvalue weighted by Crippen LogP contribution is -2.35. The van der Waals surface area contributed by atoms with Gasteiger partial charge in [0.15, 0.2) is 0 Å². The fraction of sp³-hybridized carbons (Fsp3) is 0.833. The lowest BCUT2D eigenvalue weighted by Gasteiger charge is -2.37. The molecule has 2 rings (SSSR count). The van der Waals surface area contributed by atoms with Gasteiger partial charge in [-0.3, -0.25) is 4.79 Å². The Morgan fingerprint density at radius 1 is 1.56 bits per heavy atom. The molecule has 0 amide bonds. The first-order valence-electron chi connectivity index (χ1n) is 5.87. The van der Waals surface area contributed by atoms with Crippen molar-refractivity contribution in [2.45, 2.75) is 46.0 Å². The van der Waals surface area contributed by atoms with Gasteiger partial charge in [-0.2, -0.15) is 0 Å². The summed E-state index contributed by atoms with van der Waals surface area (Å²) in [6.07, 6.45) is 3.88. The number of hydrogen-bond donors (Lipinski definition) is 2. The molecule has 2 aliphatic carbocycles. The first kappa shape index (κ1) is 11.4. The van der Waals surface area contributed by atoms with E-state index >= 15 is 0 Å². The fourth-order valence-electron chi connectivity index (χ4n) is 3.78. The molecule has 0 heterocycles. The summed E-state index contributed by atoms with van der Waals surface area (Å²) >= 11 is 0. The number of carboxylic acids is 1. The molecule has 0 saturated heterocycles. The molecule has 3 atom stereocenters. The molecule has 2 aliphatic rings. The van der Waals surface area contributed by atoms with E-state index in [1.807, 2.05) is 0 Å². The van der Waals surface area contributed by atoms with E-state index in [0.717, 1.165) is 25.0 Å². The molecule has 0 radical (unpaired) electrons. The first-order valence-corrected chi connectivity index (χ1v) is 5.87. The van der Waals surface area contributed by atoms with E-state index in [4.69, 9.17) is 10.3 Å². The topological polar surface area (TPSA) is 69.9 Å². The van der Waals surface area contributed by atoms with Crippen LogP contribution in [0.5, 0.6) is 0 Å². The summed E-state index contributed by atoms with van der Waals surface area (Å²) in [6.45, 7) is 4.28. The van der Waals surface area contributed by atoms with Gasteiger partial charge in [-0.15, -0.1) is 0 Å². The van der Waals surface area contributed by atoms with Crippen LogP contribution in [0.2, 0.25) is 0 Å². The van der Waals surface area contributed by atoms with Gasteiger partial charge in [0, 0.05) is 11.8 Å². The van der Waals surface area contributed by atoms with Crippen molar-refractivity contribution < 1.29 is 15.1 Å². The highest BCUT2D eigenvalue weighted by Crippen LogP contribution is 2.66. The summed E-state index contributed by atoms with van der Waals surface area (Å²) in [5, 5.41) is 21.3. The van der Waals surface area contributed by atoms with Crippen molar-refractivity contribution in [3.05, 3.63) is 0 Å². The average Bonchev–Trinajstić information content (AvgIpc) is 2.60. The first-order chi connectivity index (χ1) is 7.44. The molecule has 2 bridgehead atoms. The summed E-state index contributed by atoms with van der Waals surface area (Å²) in [5.74, 6) is -0.249. The standard InChI is InChI=1S/C12H19NO3/c1-11(6-4-10(14)15)8-3-5-12(11,2)9(7-8)13-16/h8,16H,3-7H2,1-2H3,(H,14,15). The number of oxime groups is 1. The number of nitrogens with zero attached hydrogens (tertiary/aromatic N) is 1. The van der Waals surface area contributed by atoms with Crippen molar-refractivity contribution in [1.29, 1.82) is 0 Å². The van der Waals surface area contributed by atoms with Gasteiger partial charge >= 0.3 is 5.97 Å². The van der Waals surface area contributed by atoms with Crippen molar-refractivity contribution in [2.24, 2.45) is 21.9 Å². The van der Waals surface area contributed by atoms with Crippen LogP contribution in [0.25, 0.3) is 0 Å². The van der Waals surface area contributed by atoms with Gasteiger partial charge in [0.25, 0.3) is 0 Å². The van der Waals surface area contributed by atoms with Crippen LogP contribution >= 0.6 is 0 Å². The molecule has 4 heteroatoms. The van der Waals surface area contributed by atoms with Crippen LogP contribution in [0.15, 0.2) is 5.16 Å². The molecule has 90 valence electrons. The molecule has 0 aromatic heterocycles. The monoisotopic (exact) mass is 225 g/mol. The molecule has 2 saturated carbocycles. The Bertz CT molecular complexity index is 352. The second-order valence-corrected chi connectivity index (χ2v) is 5.63. The maximum Gasteiger partial charge on any atom is 0.303 e. The van der Waals surface area contributed by atoms with Gasteiger partial charge in [-0.25, -0.2) is 0 Å². The smallest absolute Gasteiger partial charge is 0.303 e. The third-order valence-electron chi connectivity index (χ3n) is 5.21. The number of fused-ring (bicyclic) bond motifs is 2. The van der Waals surface area contributed by atoms with Gasteiger partial charge in [-0.1, -0.05) is 19.0 Å². The second kappa shape index (κ2) is 3.47. The quantitative estimate of drug-likeness (QED) is 0.572. The van der Waals surface area contributed by atoms with Crippen LogP contribution in [0.4, 0.5) is 0 Å². The molecule has 4 nitrogen and oxygen atoms in total. The van der Waals surface area contributed by atoms with Crippen molar-refractivity contribution in [3.63, 3.8) is 0 Å². The predicted octanol–water partition coefficient (Wildman–Crippen LogP) is 2.51. The number of hydrogen-bond acceptors (Lipinski definition) is 3. The Morgan fingerprint density at radius 3 is 2.75 bits per heavy atom. The Balaban J connectivity index is 2.25. The van der Waals surface area contributed by atoms with Crippen molar-refractivity contribution in [3.8, 4) is 0 Å². The predicted molar refractivity (Wildman–Crippen MR) is 59.6 cm³/mol. The Kier molecular flexibility index (Phi) is 2.48. The Morgan fingerprint density at radius 2 is 2.25 bits per heavy atom. The summed E-state index contributed by atoms with van der Waals surface area (Å²) in [4.78, 5) is 10.7. The minimum Gasteiger partial charge on any atom is -0.481 e. The van der Waals surface area contributed by atoms with Crippen LogP contribution < -0.4 is 0 Å². The SMILES string of the molecule is CC12CCC(CC1=NO)C2(C)CCC(=O)O. The number of carboxylic acid groups (broad SMARTS) is 1. The van der Waals surface area contributed by atoms with Crippen LogP contribution in [-0.4, -0.2) is 22.0 Å². The van der Waals surface area contributed by atoms with Gasteiger partial charge in [0.05, 0.1) is 5.71 Å². The van der Waals surface area contributed by atoms with E-state index in [1.54, 1.807) is 0 Å². The highest BCUT2D eigenvalue weighted by molar-refractivity contribution is 5.94. The van der Waals surface area contributed by atoms with Crippen molar-refractivity contribution in [2.75, 3.05) is 0 Å². The Labute approximate surface area is 95.3 Å². The maximum atomic E-state index is 10.7. The van der Waals surface area contributed by atoms with Gasteiger partial charge in [-0.05, 0) is 37.0 Å². The van der Waals surface area contributed by atoms with Crippen LogP contribution in [0, 0.1) is 16.7 Å². The molecule has 2 fully saturated rings. The van der Waals surface area contributed by atoms with E-state index in [-0.39, 0.29) is 17.3 Å². The van der Waals surface area contributed by atoms with Crippen LogP contribution in [-0.2, 0) is 4.79 Å². The molecular formula is C12H19NO3. The Hall–Kier alpha value is -1.06. The molecule has 0 spiro atoms. The minimum absolute atomic E-state index is 0.00699. The summed E-state index contributed by atoms with van der Waals surface area (Å²) < 4.78 is 0. The lowest BCUT2D eigenvalue weighted by molar-refractivity contribution is -0.138. The van der Waals surface area contributed by atoms with Crippen LogP contribution in [0.3, 0.4) is 0 Å².